The lowest BCUT2D eigenvalue weighted by atomic mass is 10.1. The molecule has 0 heterocycles. The van der Waals surface area contributed by atoms with Crippen molar-refractivity contribution in [2.75, 3.05) is 13.7 Å². The average Bonchev–Trinajstić information content (AvgIpc) is 2.20. The number of ether oxygens (including phenoxy) is 2. The summed E-state index contributed by atoms with van der Waals surface area (Å²) >= 11 is 3.33. The molecular weight excluding hydrogens is 260 g/mol. The van der Waals surface area contributed by atoms with Crippen LogP contribution in [0.15, 0.2) is 16.6 Å². The van der Waals surface area contributed by atoms with Crippen molar-refractivity contribution in [1.29, 1.82) is 0 Å². The molecule has 0 N–H and O–H groups in total. The molecule has 0 aliphatic rings. The minimum atomic E-state index is -0.0261. The highest BCUT2D eigenvalue weighted by Gasteiger charge is 2.12. The molecule has 3 nitrogen and oxygen atoms in total. The third kappa shape index (κ3) is 2.72. The molecule has 15 heavy (non-hydrogen) atoms. The first-order valence-electron chi connectivity index (χ1n) is 4.61. The molecule has 0 saturated carbocycles. The zero-order valence-corrected chi connectivity index (χ0v) is 10.6. The number of carbonyl (C=O) groups excluding carboxylic acids is 1. The molecule has 1 rings (SSSR count). The number of halogens is 1. The molecule has 0 radical (unpaired) electrons. The van der Waals surface area contributed by atoms with Gasteiger partial charge in [0.25, 0.3) is 0 Å². The van der Waals surface area contributed by atoms with Gasteiger partial charge < -0.3 is 9.47 Å². The summed E-state index contributed by atoms with van der Waals surface area (Å²) in [6, 6.07) is 3.43. The maximum absolute atomic E-state index is 11.4. The number of ketones is 1. The molecule has 4 heteroatoms. The first-order chi connectivity index (χ1) is 7.10. The van der Waals surface area contributed by atoms with Crippen molar-refractivity contribution >= 4 is 21.7 Å². The van der Waals surface area contributed by atoms with Crippen LogP contribution in [0.1, 0.15) is 24.2 Å². The van der Waals surface area contributed by atoms with Gasteiger partial charge >= 0.3 is 0 Å². The summed E-state index contributed by atoms with van der Waals surface area (Å²) in [4.78, 5) is 11.4. The fraction of sp³-hybridized carbons (Fsp3) is 0.364. The predicted octanol–water partition coefficient (Wildman–Crippen LogP) is 3.06. The van der Waals surface area contributed by atoms with E-state index < -0.39 is 0 Å². The highest BCUT2D eigenvalue weighted by molar-refractivity contribution is 9.10. The van der Waals surface area contributed by atoms with Crippen molar-refractivity contribution in [3.05, 3.63) is 22.2 Å². The van der Waals surface area contributed by atoms with E-state index in [9.17, 15) is 4.79 Å². The van der Waals surface area contributed by atoms with Gasteiger partial charge in [0, 0.05) is 6.07 Å². The van der Waals surface area contributed by atoms with Gasteiger partial charge in [0.1, 0.15) is 11.5 Å². The SMILES string of the molecule is CCOc1cc(OC)c(Br)cc1C(C)=O. The quantitative estimate of drug-likeness (QED) is 0.791. The van der Waals surface area contributed by atoms with Gasteiger partial charge in [0.2, 0.25) is 0 Å². The largest absolute Gasteiger partial charge is 0.495 e. The summed E-state index contributed by atoms with van der Waals surface area (Å²) in [5.74, 6) is 1.19. The zero-order chi connectivity index (χ0) is 11.4. The van der Waals surface area contributed by atoms with Gasteiger partial charge in [-0.25, -0.2) is 0 Å². The zero-order valence-electron chi connectivity index (χ0n) is 8.96. The standard InChI is InChI=1S/C11H13BrO3/c1-4-15-10-6-11(14-3)9(12)5-8(10)7(2)13/h5-6H,4H2,1-3H3. The van der Waals surface area contributed by atoms with E-state index in [1.807, 2.05) is 6.92 Å². The molecule has 1 aromatic rings. The van der Waals surface area contributed by atoms with E-state index in [4.69, 9.17) is 9.47 Å². The summed E-state index contributed by atoms with van der Waals surface area (Å²) in [7, 11) is 1.57. The topological polar surface area (TPSA) is 35.5 Å². The van der Waals surface area contributed by atoms with Crippen molar-refractivity contribution in [3.8, 4) is 11.5 Å². The Balaban J connectivity index is 3.25. The Morgan fingerprint density at radius 1 is 1.40 bits per heavy atom. The molecule has 0 amide bonds. The summed E-state index contributed by atoms with van der Waals surface area (Å²) in [5.41, 5.74) is 0.560. The van der Waals surface area contributed by atoms with Crippen LogP contribution >= 0.6 is 15.9 Å². The number of Topliss-reactive ketones (excluding diaryl/α,β-unsaturated/α-hetero) is 1. The summed E-state index contributed by atoms with van der Waals surface area (Å²) in [6.07, 6.45) is 0. The average molecular weight is 273 g/mol. The van der Waals surface area contributed by atoms with E-state index in [-0.39, 0.29) is 5.78 Å². The van der Waals surface area contributed by atoms with Crippen LogP contribution in [-0.2, 0) is 0 Å². The van der Waals surface area contributed by atoms with Gasteiger partial charge in [0.15, 0.2) is 5.78 Å². The van der Waals surface area contributed by atoms with E-state index in [1.165, 1.54) is 6.92 Å². The second-order valence-electron chi connectivity index (χ2n) is 2.97. The number of rotatable bonds is 4. The Bertz CT molecular complexity index is 374. The van der Waals surface area contributed by atoms with Crippen LogP contribution in [0.2, 0.25) is 0 Å². The molecule has 82 valence electrons. The van der Waals surface area contributed by atoms with Gasteiger partial charge in [-0.1, -0.05) is 0 Å². The van der Waals surface area contributed by atoms with Crippen LogP contribution in [0.25, 0.3) is 0 Å². The molecule has 0 spiro atoms. The molecule has 1 aromatic carbocycles. The second-order valence-corrected chi connectivity index (χ2v) is 3.83. The molecule has 0 aromatic heterocycles. The third-order valence-electron chi connectivity index (χ3n) is 1.93. The Morgan fingerprint density at radius 2 is 2.07 bits per heavy atom. The van der Waals surface area contributed by atoms with Crippen molar-refractivity contribution in [3.63, 3.8) is 0 Å². The minimum absolute atomic E-state index is 0.0261. The highest BCUT2D eigenvalue weighted by atomic mass is 79.9. The van der Waals surface area contributed by atoms with Gasteiger partial charge in [-0.05, 0) is 35.8 Å². The van der Waals surface area contributed by atoms with Gasteiger partial charge in [-0.2, -0.15) is 0 Å². The molecule has 0 atom stereocenters. The van der Waals surface area contributed by atoms with Gasteiger partial charge in [0.05, 0.1) is 23.8 Å². The Labute approximate surface area is 97.5 Å². The molecule has 0 unspecified atom stereocenters. The number of carbonyl (C=O) groups is 1. The second kappa shape index (κ2) is 5.16. The highest BCUT2D eigenvalue weighted by Crippen LogP contribution is 2.33. The Hall–Kier alpha value is -1.03. The van der Waals surface area contributed by atoms with E-state index in [0.717, 1.165) is 4.47 Å². The molecule has 0 fully saturated rings. The van der Waals surface area contributed by atoms with Crippen molar-refractivity contribution in [1.82, 2.24) is 0 Å². The molecule has 0 aliphatic carbocycles. The van der Waals surface area contributed by atoms with Crippen LogP contribution < -0.4 is 9.47 Å². The lowest BCUT2D eigenvalue weighted by Crippen LogP contribution is -2.01. The Morgan fingerprint density at radius 3 is 2.53 bits per heavy atom. The fourth-order valence-electron chi connectivity index (χ4n) is 1.24. The molecule has 0 aliphatic heterocycles. The van der Waals surface area contributed by atoms with E-state index in [1.54, 1.807) is 19.2 Å². The van der Waals surface area contributed by atoms with Crippen LogP contribution in [0.3, 0.4) is 0 Å². The summed E-state index contributed by atoms with van der Waals surface area (Å²) < 4.78 is 11.3. The van der Waals surface area contributed by atoms with Crippen LogP contribution in [0.4, 0.5) is 0 Å². The normalized spacial score (nSPS) is 9.87. The van der Waals surface area contributed by atoms with Crippen LogP contribution in [-0.4, -0.2) is 19.5 Å². The van der Waals surface area contributed by atoms with Gasteiger partial charge in [-0.15, -0.1) is 0 Å². The van der Waals surface area contributed by atoms with Crippen LogP contribution in [0.5, 0.6) is 11.5 Å². The van der Waals surface area contributed by atoms with Crippen molar-refractivity contribution < 1.29 is 14.3 Å². The fourth-order valence-corrected chi connectivity index (χ4v) is 1.75. The van der Waals surface area contributed by atoms with E-state index >= 15 is 0 Å². The lowest BCUT2D eigenvalue weighted by Gasteiger charge is -2.11. The smallest absolute Gasteiger partial charge is 0.163 e. The molecular formula is C11H13BrO3. The first-order valence-corrected chi connectivity index (χ1v) is 5.40. The summed E-state index contributed by atoms with van der Waals surface area (Å²) in [6.45, 7) is 3.90. The third-order valence-corrected chi connectivity index (χ3v) is 2.55. The van der Waals surface area contributed by atoms with E-state index in [0.29, 0.717) is 23.7 Å². The number of benzene rings is 1. The van der Waals surface area contributed by atoms with Gasteiger partial charge in [-0.3, -0.25) is 4.79 Å². The number of hydrogen-bond acceptors (Lipinski definition) is 3. The minimum Gasteiger partial charge on any atom is -0.495 e. The Kier molecular flexibility index (Phi) is 4.15. The number of methoxy groups -OCH3 is 1. The molecule has 0 bridgehead atoms. The maximum atomic E-state index is 11.4. The monoisotopic (exact) mass is 272 g/mol. The maximum Gasteiger partial charge on any atom is 0.163 e. The number of hydrogen-bond donors (Lipinski definition) is 0. The molecule has 0 saturated heterocycles. The predicted molar refractivity (Wildman–Crippen MR) is 61.9 cm³/mol. The van der Waals surface area contributed by atoms with Crippen molar-refractivity contribution in [2.24, 2.45) is 0 Å². The van der Waals surface area contributed by atoms with E-state index in [2.05, 4.69) is 15.9 Å². The van der Waals surface area contributed by atoms with Crippen LogP contribution in [0, 0.1) is 0 Å². The lowest BCUT2D eigenvalue weighted by molar-refractivity contribution is 0.101. The van der Waals surface area contributed by atoms with Crippen molar-refractivity contribution in [2.45, 2.75) is 13.8 Å². The first kappa shape index (κ1) is 12.0. The summed E-state index contributed by atoms with van der Waals surface area (Å²) in [5, 5.41) is 0.